The molecule has 0 N–H and O–H groups in total. The summed E-state index contributed by atoms with van der Waals surface area (Å²) in [6.07, 6.45) is 3.94. The molecular formula is C17H25N3O4. The highest BCUT2D eigenvalue weighted by Gasteiger charge is 2.30. The Bertz CT molecular complexity index is 614. The summed E-state index contributed by atoms with van der Waals surface area (Å²) >= 11 is 0. The molecule has 1 aromatic rings. The third-order valence-electron chi connectivity index (χ3n) is 2.79. The monoisotopic (exact) mass is 335 g/mol. The van der Waals surface area contributed by atoms with Crippen LogP contribution in [0, 0.1) is 0 Å². The van der Waals surface area contributed by atoms with Gasteiger partial charge in [0.25, 0.3) is 0 Å². The van der Waals surface area contributed by atoms with E-state index in [2.05, 4.69) is 18.3 Å². The van der Waals surface area contributed by atoms with E-state index in [0.717, 1.165) is 0 Å². The van der Waals surface area contributed by atoms with Gasteiger partial charge in [0.05, 0.1) is 19.3 Å². The first kappa shape index (κ1) is 19.5. The highest BCUT2D eigenvalue weighted by Crippen LogP contribution is 2.24. The number of ether oxygens (including phenoxy) is 2. The number of aromatic nitrogens is 2. The Kier molecular flexibility index (Phi) is 6.76. The highest BCUT2D eigenvalue weighted by atomic mass is 16.6. The maximum atomic E-state index is 12.6. The molecule has 132 valence electrons. The van der Waals surface area contributed by atoms with Gasteiger partial charge in [-0.1, -0.05) is 12.2 Å². The molecule has 0 fully saturated rings. The van der Waals surface area contributed by atoms with E-state index >= 15 is 0 Å². The molecular weight excluding hydrogens is 310 g/mol. The molecule has 7 heteroatoms. The molecule has 24 heavy (non-hydrogen) atoms. The highest BCUT2D eigenvalue weighted by molar-refractivity contribution is 5.99. The number of nitrogens with zero attached hydrogens (tertiary/aromatic N) is 3. The third kappa shape index (κ3) is 4.97. The predicted molar refractivity (Wildman–Crippen MR) is 92.2 cm³/mol. The first-order valence-corrected chi connectivity index (χ1v) is 7.70. The fourth-order valence-electron chi connectivity index (χ4n) is 1.97. The maximum Gasteiger partial charge on any atom is 0.416 e. The summed E-state index contributed by atoms with van der Waals surface area (Å²) < 4.78 is 12.0. The minimum absolute atomic E-state index is 0.157. The predicted octanol–water partition coefficient (Wildman–Crippen LogP) is 3.17. The molecule has 1 aromatic heterocycles. The number of hydrogen-bond donors (Lipinski definition) is 0. The maximum absolute atomic E-state index is 12.6. The minimum atomic E-state index is -0.677. The lowest BCUT2D eigenvalue weighted by atomic mass is 10.2. The van der Waals surface area contributed by atoms with Crippen LogP contribution < -0.4 is 4.90 Å². The summed E-state index contributed by atoms with van der Waals surface area (Å²) in [7, 11) is 0. The van der Waals surface area contributed by atoms with E-state index < -0.39 is 17.7 Å². The zero-order valence-electron chi connectivity index (χ0n) is 14.7. The Hall–Kier alpha value is -2.57. The standard InChI is InChI=1S/C17H25N3O4/c1-7-10-19(16(22)24-17(4,5)6)14-13(15(21)23-9-3)12-18-20(14)11-8-2/h7-8,12H,1-2,9-11H2,3-6H3. The van der Waals surface area contributed by atoms with Crippen molar-refractivity contribution >= 4 is 17.9 Å². The second-order valence-electron chi connectivity index (χ2n) is 5.95. The van der Waals surface area contributed by atoms with Crippen molar-refractivity contribution in [2.75, 3.05) is 18.1 Å². The van der Waals surface area contributed by atoms with Crippen LogP contribution in [0.3, 0.4) is 0 Å². The average molecular weight is 335 g/mol. The Labute approximate surface area is 142 Å². The summed E-state index contributed by atoms with van der Waals surface area (Å²) in [6, 6.07) is 0. The minimum Gasteiger partial charge on any atom is -0.462 e. The molecule has 1 heterocycles. The molecule has 1 rings (SSSR count). The summed E-state index contributed by atoms with van der Waals surface area (Å²) in [5.41, 5.74) is -0.490. The van der Waals surface area contributed by atoms with Gasteiger partial charge in [0.1, 0.15) is 11.2 Å². The van der Waals surface area contributed by atoms with Gasteiger partial charge in [0.2, 0.25) is 0 Å². The molecule has 0 aliphatic carbocycles. The molecule has 0 bridgehead atoms. The fraction of sp³-hybridized carbons (Fsp3) is 0.471. The average Bonchev–Trinajstić information content (AvgIpc) is 2.87. The second-order valence-corrected chi connectivity index (χ2v) is 5.95. The van der Waals surface area contributed by atoms with Crippen molar-refractivity contribution in [1.29, 1.82) is 0 Å². The van der Waals surface area contributed by atoms with Crippen LogP contribution >= 0.6 is 0 Å². The van der Waals surface area contributed by atoms with Crippen molar-refractivity contribution in [3.63, 3.8) is 0 Å². The second kappa shape index (κ2) is 8.33. The number of carbonyl (C=O) groups is 2. The van der Waals surface area contributed by atoms with Crippen molar-refractivity contribution in [3.05, 3.63) is 37.1 Å². The van der Waals surface area contributed by atoms with Crippen LogP contribution in [-0.4, -0.2) is 40.6 Å². The molecule has 0 saturated heterocycles. The van der Waals surface area contributed by atoms with Crippen LogP contribution in [0.1, 0.15) is 38.1 Å². The summed E-state index contributed by atoms with van der Waals surface area (Å²) in [5, 5.41) is 4.15. The van der Waals surface area contributed by atoms with Gasteiger partial charge in [0.15, 0.2) is 5.82 Å². The number of anilines is 1. The van der Waals surface area contributed by atoms with Crippen molar-refractivity contribution < 1.29 is 19.1 Å². The number of esters is 1. The quantitative estimate of drug-likeness (QED) is 0.565. The van der Waals surface area contributed by atoms with Gasteiger partial charge in [0, 0.05) is 6.54 Å². The topological polar surface area (TPSA) is 73.7 Å². The van der Waals surface area contributed by atoms with Gasteiger partial charge < -0.3 is 9.47 Å². The fourth-order valence-corrected chi connectivity index (χ4v) is 1.97. The Morgan fingerprint density at radius 1 is 1.33 bits per heavy atom. The molecule has 7 nitrogen and oxygen atoms in total. The lowest BCUT2D eigenvalue weighted by Gasteiger charge is -2.27. The molecule has 0 spiro atoms. The van der Waals surface area contributed by atoms with Crippen molar-refractivity contribution in [1.82, 2.24) is 9.78 Å². The third-order valence-corrected chi connectivity index (χ3v) is 2.79. The van der Waals surface area contributed by atoms with Gasteiger partial charge in [-0.15, -0.1) is 13.2 Å². The van der Waals surface area contributed by atoms with Crippen molar-refractivity contribution in [2.24, 2.45) is 0 Å². The summed E-state index contributed by atoms with van der Waals surface area (Å²) in [6.45, 7) is 15.0. The molecule has 0 atom stereocenters. The van der Waals surface area contributed by atoms with Gasteiger partial charge in [-0.3, -0.25) is 4.90 Å². The van der Waals surface area contributed by atoms with Gasteiger partial charge in [-0.05, 0) is 27.7 Å². The van der Waals surface area contributed by atoms with Crippen molar-refractivity contribution in [2.45, 2.75) is 39.8 Å². The van der Waals surface area contributed by atoms with Crippen LogP contribution in [0.25, 0.3) is 0 Å². The van der Waals surface area contributed by atoms with Crippen LogP contribution in [0.15, 0.2) is 31.5 Å². The van der Waals surface area contributed by atoms with E-state index in [-0.39, 0.29) is 18.7 Å². The molecule has 1 amide bonds. The molecule has 0 saturated carbocycles. The SMILES string of the molecule is C=CCN(C(=O)OC(C)(C)C)c1c(C(=O)OCC)cnn1CC=C. The number of carbonyl (C=O) groups excluding carboxylic acids is 2. The smallest absolute Gasteiger partial charge is 0.416 e. The van der Waals surface area contributed by atoms with Crippen LogP contribution in [0.2, 0.25) is 0 Å². The van der Waals surface area contributed by atoms with E-state index in [1.54, 1.807) is 39.8 Å². The molecule has 0 aromatic carbocycles. The van der Waals surface area contributed by atoms with Gasteiger partial charge in [-0.2, -0.15) is 5.10 Å². The first-order chi connectivity index (χ1) is 11.2. The van der Waals surface area contributed by atoms with E-state index in [1.165, 1.54) is 15.8 Å². The molecule has 0 unspecified atom stereocenters. The normalized spacial score (nSPS) is 10.8. The molecule has 0 aliphatic rings. The zero-order chi connectivity index (χ0) is 18.3. The van der Waals surface area contributed by atoms with E-state index in [0.29, 0.717) is 12.4 Å². The summed E-state index contributed by atoms with van der Waals surface area (Å²) in [4.78, 5) is 26.1. The van der Waals surface area contributed by atoms with E-state index in [9.17, 15) is 9.59 Å². The zero-order valence-corrected chi connectivity index (χ0v) is 14.7. The Morgan fingerprint density at radius 3 is 2.50 bits per heavy atom. The number of amides is 1. The molecule has 0 radical (unpaired) electrons. The van der Waals surface area contributed by atoms with Gasteiger partial charge >= 0.3 is 12.1 Å². The first-order valence-electron chi connectivity index (χ1n) is 7.70. The van der Waals surface area contributed by atoms with Crippen LogP contribution in [-0.2, 0) is 16.0 Å². The Balaban J connectivity index is 3.35. The van der Waals surface area contributed by atoms with Gasteiger partial charge in [-0.25, -0.2) is 14.3 Å². The number of allylic oxidation sites excluding steroid dienone is 1. The van der Waals surface area contributed by atoms with E-state index in [4.69, 9.17) is 9.47 Å². The summed E-state index contributed by atoms with van der Waals surface area (Å²) in [5.74, 6) is -0.261. The number of rotatable bonds is 7. The lowest BCUT2D eigenvalue weighted by molar-refractivity contribution is 0.0526. The lowest BCUT2D eigenvalue weighted by Crippen LogP contribution is -2.39. The van der Waals surface area contributed by atoms with E-state index in [1.807, 2.05) is 0 Å². The van der Waals surface area contributed by atoms with Crippen LogP contribution in [0.5, 0.6) is 0 Å². The Morgan fingerprint density at radius 2 is 2.00 bits per heavy atom. The number of hydrogen-bond acceptors (Lipinski definition) is 5. The van der Waals surface area contributed by atoms with Crippen molar-refractivity contribution in [3.8, 4) is 0 Å². The largest absolute Gasteiger partial charge is 0.462 e. The van der Waals surface area contributed by atoms with Crippen LogP contribution in [0.4, 0.5) is 10.6 Å². The molecule has 0 aliphatic heterocycles.